The Balaban J connectivity index is 3.28. The molecule has 1 aromatic rings. The molecule has 0 fully saturated rings. The third-order valence-electron chi connectivity index (χ3n) is 1.73. The second kappa shape index (κ2) is 3.98. The van der Waals surface area contributed by atoms with E-state index in [1.165, 1.54) is 14.2 Å². The highest BCUT2D eigenvalue weighted by Gasteiger charge is 2.06. The van der Waals surface area contributed by atoms with Crippen molar-refractivity contribution >= 4 is 19.6 Å². The summed E-state index contributed by atoms with van der Waals surface area (Å²) in [7, 11) is 8.62. The average Bonchev–Trinajstić information content (AvgIpc) is 2.18. The first kappa shape index (κ1) is 9.64. The fourth-order valence-corrected chi connectivity index (χ4v) is 1.01. The first-order chi connectivity index (χ1) is 6.22. The molecule has 1 aromatic carbocycles. The lowest BCUT2D eigenvalue weighted by molar-refractivity contribution is 0.112. The van der Waals surface area contributed by atoms with Crippen molar-refractivity contribution in [1.29, 1.82) is 0 Å². The van der Waals surface area contributed by atoms with Gasteiger partial charge in [-0.15, -0.1) is 0 Å². The molecule has 0 bridgehead atoms. The smallest absolute Gasteiger partial charge is 0.149 e. The molecular weight excluding hydrogens is 167 g/mol. The average molecular weight is 176 g/mol. The fraction of sp³-hybridized carbons (Fsp3) is 0.222. The van der Waals surface area contributed by atoms with E-state index in [2.05, 4.69) is 0 Å². The Morgan fingerprint density at radius 1 is 1.31 bits per heavy atom. The zero-order valence-corrected chi connectivity index (χ0v) is 7.53. The molecule has 1 rings (SSSR count). The number of rotatable bonds is 3. The predicted molar refractivity (Wildman–Crippen MR) is 50.3 cm³/mol. The second-order valence-electron chi connectivity index (χ2n) is 2.45. The number of carbonyl (C=O) groups excluding carboxylic acids is 1. The van der Waals surface area contributed by atoms with Crippen LogP contribution in [0.25, 0.3) is 0 Å². The number of hydrogen-bond donors (Lipinski definition) is 0. The van der Waals surface area contributed by atoms with Crippen LogP contribution in [0.3, 0.4) is 0 Å². The van der Waals surface area contributed by atoms with Gasteiger partial charge in [0.1, 0.15) is 25.6 Å². The highest BCUT2D eigenvalue weighted by molar-refractivity contribution is 6.37. The van der Waals surface area contributed by atoms with Crippen LogP contribution in [-0.4, -0.2) is 28.4 Å². The molecule has 0 aliphatic heterocycles. The van der Waals surface area contributed by atoms with E-state index in [9.17, 15) is 4.79 Å². The number of benzene rings is 1. The van der Waals surface area contributed by atoms with E-state index in [1.807, 2.05) is 0 Å². The maximum Gasteiger partial charge on any atom is 0.149 e. The maximum absolute atomic E-state index is 10.6. The molecule has 0 aromatic heterocycles. The molecular formula is C9H9BO3. The Bertz CT molecular complexity index is 323. The summed E-state index contributed by atoms with van der Waals surface area (Å²) in [5, 5.41) is 0. The SMILES string of the molecule is [B]c1c(C=O)cc(OC)cc1OC. The van der Waals surface area contributed by atoms with Gasteiger partial charge in [0.15, 0.2) is 0 Å². The number of hydrogen-bond acceptors (Lipinski definition) is 3. The summed E-state index contributed by atoms with van der Waals surface area (Å²) in [6, 6.07) is 3.19. The lowest BCUT2D eigenvalue weighted by atomic mass is 9.90. The molecule has 0 spiro atoms. The molecule has 13 heavy (non-hydrogen) atoms. The Morgan fingerprint density at radius 2 is 2.00 bits per heavy atom. The van der Waals surface area contributed by atoms with Gasteiger partial charge in [-0.05, 0) is 11.5 Å². The first-order valence-electron chi connectivity index (χ1n) is 3.69. The lowest BCUT2D eigenvalue weighted by Crippen LogP contribution is -2.13. The molecule has 0 unspecified atom stereocenters. The van der Waals surface area contributed by atoms with Crippen LogP contribution in [0.4, 0.5) is 0 Å². The summed E-state index contributed by atoms with van der Waals surface area (Å²) >= 11 is 0. The van der Waals surface area contributed by atoms with Crippen LogP contribution in [0.1, 0.15) is 10.4 Å². The highest BCUT2D eigenvalue weighted by atomic mass is 16.5. The van der Waals surface area contributed by atoms with Crippen molar-refractivity contribution in [2.45, 2.75) is 0 Å². The molecule has 0 aliphatic rings. The topological polar surface area (TPSA) is 35.5 Å². The third kappa shape index (κ3) is 1.83. The van der Waals surface area contributed by atoms with E-state index in [4.69, 9.17) is 17.3 Å². The van der Waals surface area contributed by atoms with Crippen molar-refractivity contribution in [3.8, 4) is 11.5 Å². The Morgan fingerprint density at radius 3 is 2.46 bits per heavy atom. The van der Waals surface area contributed by atoms with Gasteiger partial charge in [-0.25, -0.2) is 0 Å². The van der Waals surface area contributed by atoms with Crippen LogP contribution in [-0.2, 0) is 0 Å². The molecule has 0 aliphatic carbocycles. The predicted octanol–water partition coefficient (Wildman–Crippen LogP) is 0.310. The number of methoxy groups -OCH3 is 2. The van der Waals surface area contributed by atoms with Crippen molar-refractivity contribution in [2.75, 3.05) is 14.2 Å². The monoisotopic (exact) mass is 176 g/mol. The van der Waals surface area contributed by atoms with Crippen molar-refractivity contribution in [2.24, 2.45) is 0 Å². The van der Waals surface area contributed by atoms with Crippen LogP contribution < -0.4 is 14.9 Å². The van der Waals surface area contributed by atoms with E-state index >= 15 is 0 Å². The minimum atomic E-state index is 0.332. The summed E-state index contributed by atoms with van der Waals surface area (Å²) in [6.45, 7) is 0. The van der Waals surface area contributed by atoms with E-state index in [-0.39, 0.29) is 0 Å². The quantitative estimate of drug-likeness (QED) is 0.491. The largest absolute Gasteiger partial charge is 0.497 e. The molecule has 0 atom stereocenters. The zero-order chi connectivity index (χ0) is 9.84. The molecule has 2 radical (unpaired) electrons. The molecule has 0 saturated heterocycles. The van der Waals surface area contributed by atoms with Crippen LogP contribution in [0.15, 0.2) is 12.1 Å². The van der Waals surface area contributed by atoms with Crippen LogP contribution in [0.2, 0.25) is 0 Å². The molecule has 0 amide bonds. The number of ether oxygens (including phenoxy) is 2. The number of aldehydes is 1. The summed E-state index contributed by atoms with van der Waals surface area (Å²) in [6.07, 6.45) is 0.667. The van der Waals surface area contributed by atoms with Crippen LogP contribution >= 0.6 is 0 Å². The molecule has 3 nitrogen and oxygen atoms in total. The molecule has 0 N–H and O–H groups in total. The van der Waals surface area contributed by atoms with Crippen LogP contribution in [0.5, 0.6) is 11.5 Å². The summed E-state index contributed by atoms with van der Waals surface area (Å²) in [4.78, 5) is 10.6. The van der Waals surface area contributed by atoms with Crippen molar-refractivity contribution in [3.63, 3.8) is 0 Å². The van der Waals surface area contributed by atoms with Gasteiger partial charge in [-0.2, -0.15) is 0 Å². The lowest BCUT2D eigenvalue weighted by Gasteiger charge is -2.09. The van der Waals surface area contributed by atoms with Gasteiger partial charge in [0.25, 0.3) is 0 Å². The Hall–Kier alpha value is -1.45. The maximum atomic E-state index is 10.6. The summed E-state index contributed by atoms with van der Waals surface area (Å²) in [5.41, 5.74) is 0.703. The van der Waals surface area contributed by atoms with Gasteiger partial charge < -0.3 is 9.47 Å². The van der Waals surface area contributed by atoms with Gasteiger partial charge in [-0.3, -0.25) is 4.79 Å². The van der Waals surface area contributed by atoms with Gasteiger partial charge in [0.05, 0.1) is 14.2 Å². The fourth-order valence-electron chi connectivity index (χ4n) is 1.01. The van der Waals surface area contributed by atoms with Gasteiger partial charge >= 0.3 is 0 Å². The van der Waals surface area contributed by atoms with Gasteiger partial charge in [0.2, 0.25) is 0 Å². The van der Waals surface area contributed by atoms with E-state index in [1.54, 1.807) is 12.1 Å². The molecule has 66 valence electrons. The van der Waals surface area contributed by atoms with Gasteiger partial charge in [-0.1, -0.05) is 0 Å². The van der Waals surface area contributed by atoms with Gasteiger partial charge in [0, 0.05) is 11.6 Å². The standard InChI is InChI=1S/C9H9BO3/c1-12-7-3-6(5-11)9(10)8(4-7)13-2/h3-5H,1-2H3. The Labute approximate surface area is 78.1 Å². The molecule has 0 saturated carbocycles. The normalized spacial score (nSPS) is 9.38. The summed E-state index contributed by atoms with van der Waals surface area (Å²) in [5.74, 6) is 0.995. The minimum Gasteiger partial charge on any atom is -0.497 e. The zero-order valence-electron chi connectivity index (χ0n) is 7.53. The Kier molecular flexibility index (Phi) is 2.95. The van der Waals surface area contributed by atoms with Crippen molar-refractivity contribution in [1.82, 2.24) is 0 Å². The highest BCUT2D eigenvalue weighted by Crippen LogP contribution is 2.18. The van der Waals surface area contributed by atoms with Crippen molar-refractivity contribution in [3.05, 3.63) is 17.7 Å². The molecule has 4 heteroatoms. The third-order valence-corrected chi connectivity index (χ3v) is 1.73. The van der Waals surface area contributed by atoms with Crippen molar-refractivity contribution < 1.29 is 14.3 Å². The van der Waals surface area contributed by atoms with E-state index in [0.29, 0.717) is 28.8 Å². The molecule has 0 heterocycles. The second-order valence-corrected chi connectivity index (χ2v) is 2.45. The summed E-state index contributed by atoms with van der Waals surface area (Å²) < 4.78 is 9.93. The minimum absolute atomic E-state index is 0.332. The van der Waals surface area contributed by atoms with Crippen LogP contribution in [0, 0.1) is 0 Å². The first-order valence-corrected chi connectivity index (χ1v) is 3.69. The van der Waals surface area contributed by atoms with E-state index in [0.717, 1.165) is 0 Å². The number of carbonyl (C=O) groups is 1. The van der Waals surface area contributed by atoms with E-state index < -0.39 is 0 Å².